The molecule has 4 aromatic rings. The fraction of sp³-hybridized carbons (Fsp3) is 0.282. The fourth-order valence-corrected chi connectivity index (χ4v) is 6.74. The molecule has 2 atom stereocenters. The molecule has 1 amide bonds. The van der Waals surface area contributed by atoms with Crippen molar-refractivity contribution in [1.82, 2.24) is 0 Å². The number of benzene rings is 4. The predicted octanol–water partition coefficient (Wildman–Crippen LogP) is 8.64. The number of ketones is 1. The van der Waals surface area contributed by atoms with Crippen LogP contribution in [0.2, 0.25) is 5.02 Å². The number of fused-ring (bicyclic) bond motifs is 1. The van der Waals surface area contributed by atoms with Gasteiger partial charge in [0, 0.05) is 28.6 Å². The van der Waals surface area contributed by atoms with Gasteiger partial charge < -0.3 is 19.5 Å². The number of allylic oxidation sites excluding steroid dienone is 1. The minimum Gasteiger partial charge on any atom is -0.497 e. The van der Waals surface area contributed by atoms with Gasteiger partial charge in [-0.3, -0.25) is 14.5 Å². The average Bonchev–Trinajstić information content (AvgIpc) is 3.95. The molecule has 1 aliphatic heterocycles. The SMILES string of the molecule is CCOc1cc([C@@H]2C3=C(C[C@@H](c4ccc(OC)cc4)CC3=O)Nc3ccccc3N2C(=O)C2CC2)ccc1OCc1ccc(Cl)cc1. The molecular formula is C39H37ClN2O5. The third kappa shape index (κ3) is 6.32. The Morgan fingerprint density at radius 2 is 1.64 bits per heavy atom. The van der Waals surface area contributed by atoms with Crippen molar-refractivity contribution in [3.63, 3.8) is 0 Å². The molecule has 1 heterocycles. The van der Waals surface area contributed by atoms with Crippen molar-refractivity contribution >= 4 is 34.7 Å². The van der Waals surface area contributed by atoms with E-state index in [0.29, 0.717) is 48.2 Å². The summed E-state index contributed by atoms with van der Waals surface area (Å²) in [6, 6.07) is 28.4. The highest BCUT2D eigenvalue weighted by molar-refractivity contribution is 6.30. The van der Waals surface area contributed by atoms with Crippen LogP contribution in [0.3, 0.4) is 0 Å². The van der Waals surface area contributed by atoms with Crippen molar-refractivity contribution in [3.8, 4) is 17.2 Å². The van der Waals surface area contributed by atoms with Crippen LogP contribution < -0.4 is 24.4 Å². The molecule has 7 rings (SSSR count). The molecule has 1 fully saturated rings. The molecule has 0 saturated heterocycles. The standard InChI is InChI=1S/C39H37ClN2O5/c1-3-46-36-22-27(14-19-35(36)47-23-24-8-15-29(40)16-9-24)38-37-32(20-28(21-34(37)43)25-12-17-30(45-2)18-13-25)41-31-6-4-5-7-33(31)42(38)39(44)26-10-11-26/h4-9,12-19,22,26,28,38,41H,3,10-11,20-21,23H2,1-2H3/t28-,38-/m1/s1. The average molecular weight is 649 g/mol. The highest BCUT2D eigenvalue weighted by Crippen LogP contribution is 2.50. The van der Waals surface area contributed by atoms with Crippen LogP contribution in [-0.2, 0) is 16.2 Å². The molecule has 1 saturated carbocycles. The van der Waals surface area contributed by atoms with Crippen LogP contribution in [0.4, 0.5) is 11.4 Å². The first kappa shape index (κ1) is 30.9. The maximum Gasteiger partial charge on any atom is 0.231 e. The van der Waals surface area contributed by atoms with E-state index < -0.39 is 6.04 Å². The smallest absolute Gasteiger partial charge is 0.231 e. The molecule has 0 bridgehead atoms. The van der Waals surface area contributed by atoms with Gasteiger partial charge in [-0.1, -0.05) is 54.1 Å². The number of carbonyl (C=O) groups excluding carboxylic acids is 2. The summed E-state index contributed by atoms with van der Waals surface area (Å²) in [4.78, 5) is 30.5. The van der Waals surface area contributed by atoms with Gasteiger partial charge in [-0.2, -0.15) is 0 Å². The molecule has 0 radical (unpaired) electrons. The number of anilines is 2. The molecule has 240 valence electrons. The Kier molecular flexibility index (Phi) is 8.65. The fourth-order valence-electron chi connectivity index (χ4n) is 6.61. The molecule has 8 heteroatoms. The topological polar surface area (TPSA) is 77.1 Å². The number of hydrogen-bond donors (Lipinski definition) is 1. The summed E-state index contributed by atoms with van der Waals surface area (Å²) in [5.74, 6) is 1.90. The first-order valence-corrected chi connectivity index (χ1v) is 16.5. The molecule has 0 aromatic heterocycles. The van der Waals surface area contributed by atoms with Gasteiger partial charge in [-0.05, 0) is 97.3 Å². The van der Waals surface area contributed by atoms with Gasteiger partial charge in [-0.25, -0.2) is 0 Å². The summed E-state index contributed by atoms with van der Waals surface area (Å²) in [6.45, 7) is 2.69. The van der Waals surface area contributed by atoms with Crippen molar-refractivity contribution in [3.05, 3.63) is 124 Å². The Hall–Kier alpha value is -4.75. The summed E-state index contributed by atoms with van der Waals surface area (Å²) in [5, 5.41) is 4.29. The Labute approximate surface area is 280 Å². The van der Waals surface area contributed by atoms with E-state index in [9.17, 15) is 9.59 Å². The molecule has 3 aliphatic rings. The zero-order valence-corrected chi connectivity index (χ0v) is 27.3. The lowest BCUT2D eigenvalue weighted by Gasteiger charge is -2.35. The van der Waals surface area contributed by atoms with E-state index in [4.69, 9.17) is 25.8 Å². The van der Waals surface area contributed by atoms with E-state index in [0.717, 1.165) is 52.4 Å². The van der Waals surface area contributed by atoms with E-state index in [1.54, 1.807) is 7.11 Å². The zero-order valence-electron chi connectivity index (χ0n) is 26.5. The first-order chi connectivity index (χ1) is 22.9. The Bertz CT molecular complexity index is 1830. The van der Waals surface area contributed by atoms with Crippen LogP contribution in [-0.4, -0.2) is 25.4 Å². The van der Waals surface area contributed by atoms with Gasteiger partial charge in [0.25, 0.3) is 0 Å². The Morgan fingerprint density at radius 1 is 0.894 bits per heavy atom. The Morgan fingerprint density at radius 3 is 2.36 bits per heavy atom. The number of amides is 1. The molecule has 7 nitrogen and oxygen atoms in total. The number of nitrogens with one attached hydrogen (secondary N) is 1. The van der Waals surface area contributed by atoms with E-state index >= 15 is 0 Å². The van der Waals surface area contributed by atoms with Crippen LogP contribution in [0.15, 0.2) is 102 Å². The lowest BCUT2D eigenvalue weighted by atomic mass is 9.78. The third-order valence-corrected chi connectivity index (χ3v) is 9.38. The molecule has 47 heavy (non-hydrogen) atoms. The van der Waals surface area contributed by atoms with Crippen LogP contribution in [0.25, 0.3) is 0 Å². The summed E-state index contributed by atoms with van der Waals surface area (Å²) < 4.78 is 17.7. The van der Waals surface area contributed by atoms with Crippen molar-refractivity contribution < 1.29 is 23.8 Å². The van der Waals surface area contributed by atoms with Gasteiger partial charge >= 0.3 is 0 Å². The van der Waals surface area contributed by atoms with Crippen LogP contribution in [0.1, 0.15) is 61.3 Å². The lowest BCUT2D eigenvalue weighted by molar-refractivity contribution is -0.120. The van der Waals surface area contributed by atoms with Gasteiger partial charge in [0.05, 0.1) is 31.1 Å². The third-order valence-electron chi connectivity index (χ3n) is 9.13. The van der Waals surface area contributed by atoms with E-state index in [2.05, 4.69) is 5.32 Å². The number of hydrogen-bond acceptors (Lipinski definition) is 6. The van der Waals surface area contributed by atoms with E-state index in [1.807, 2.05) is 103 Å². The molecule has 0 unspecified atom stereocenters. The normalized spacial score (nSPS) is 18.9. The number of ether oxygens (including phenoxy) is 3. The van der Waals surface area contributed by atoms with Gasteiger partial charge in [0.2, 0.25) is 5.91 Å². The second-order valence-corrected chi connectivity index (χ2v) is 12.7. The molecule has 2 aliphatic carbocycles. The molecule has 0 spiro atoms. The number of rotatable bonds is 9. The maximum atomic E-state index is 14.4. The second kappa shape index (κ2) is 13.2. The van der Waals surface area contributed by atoms with Crippen LogP contribution in [0.5, 0.6) is 17.2 Å². The van der Waals surface area contributed by atoms with Gasteiger partial charge in [-0.15, -0.1) is 0 Å². The Balaban J connectivity index is 1.32. The first-order valence-electron chi connectivity index (χ1n) is 16.2. The van der Waals surface area contributed by atoms with Crippen molar-refractivity contribution in [2.75, 3.05) is 23.9 Å². The van der Waals surface area contributed by atoms with Crippen LogP contribution >= 0.6 is 11.6 Å². The molecular weight excluding hydrogens is 612 g/mol. The van der Waals surface area contributed by atoms with Crippen LogP contribution in [0, 0.1) is 5.92 Å². The molecule has 1 N–H and O–H groups in total. The summed E-state index contributed by atoms with van der Waals surface area (Å²) in [6.07, 6.45) is 2.66. The van der Waals surface area contributed by atoms with Gasteiger partial charge in [0.1, 0.15) is 12.4 Å². The van der Waals surface area contributed by atoms with E-state index in [1.165, 1.54) is 0 Å². The number of halogens is 1. The van der Waals surface area contributed by atoms with E-state index in [-0.39, 0.29) is 23.5 Å². The number of Topliss-reactive ketones (excluding diaryl/α,β-unsaturated/α-hetero) is 1. The summed E-state index contributed by atoms with van der Waals surface area (Å²) in [7, 11) is 1.65. The maximum absolute atomic E-state index is 14.4. The largest absolute Gasteiger partial charge is 0.497 e. The highest BCUT2D eigenvalue weighted by atomic mass is 35.5. The number of carbonyl (C=O) groups is 2. The number of methoxy groups -OCH3 is 1. The van der Waals surface area contributed by atoms with Crippen molar-refractivity contribution in [2.45, 2.75) is 51.2 Å². The number of nitrogens with zero attached hydrogens (tertiary/aromatic N) is 1. The minimum absolute atomic E-state index is 0.0132. The highest BCUT2D eigenvalue weighted by Gasteiger charge is 2.45. The second-order valence-electron chi connectivity index (χ2n) is 12.3. The van der Waals surface area contributed by atoms with Gasteiger partial charge in [0.15, 0.2) is 17.3 Å². The predicted molar refractivity (Wildman–Crippen MR) is 183 cm³/mol. The molecule has 4 aromatic carbocycles. The zero-order chi connectivity index (χ0) is 32.5. The van der Waals surface area contributed by atoms with Crippen molar-refractivity contribution in [1.29, 1.82) is 0 Å². The monoisotopic (exact) mass is 648 g/mol. The minimum atomic E-state index is -0.636. The lowest BCUT2D eigenvalue weighted by Crippen LogP contribution is -2.39. The summed E-state index contributed by atoms with van der Waals surface area (Å²) in [5.41, 5.74) is 5.88. The quantitative estimate of drug-likeness (QED) is 0.196. The summed E-state index contributed by atoms with van der Waals surface area (Å²) >= 11 is 6.07. The van der Waals surface area contributed by atoms with Crippen molar-refractivity contribution in [2.24, 2.45) is 5.92 Å². The number of para-hydroxylation sites is 2.